The summed E-state index contributed by atoms with van der Waals surface area (Å²) in [5.41, 5.74) is 2.02. The molecule has 2 heterocycles. The standard InChI is InChI=1S/C14H20N4O/c1-14(10-19)4-2-3-12(14)16-7-11-8-17-13-9-15-5-6-18(11)13/h5-6,8-9,12,16,19H,2-4,7,10H2,1H3. The van der Waals surface area contributed by atoms with Crippen LogP contribution in [0.5, 0.6) is 0 Å². The van der Waals surface area contributed by atoms with Crippen molar-refractivity contribution in [2.45, 2.75) is 38.8 Å². The highest BCUT2D eigenvalue weighted by Gasteiger charge is 2.37. The Bertz CT molecular complexity index is 567. The highest BCUT2D eigenvalue weighted by atomic mass is 16.3. The minimum absolute atomic E-state index is 0.0159. The van der Waals surface area contributed by atoms with Gasteiger partial charge in [0.25, 0.3) is 0 Å². The van der Waals surface area contributed by atoms with E-state index in [9.17, 15) is 5.11 Å². The summed E-state index contributed by atoms with van der Waals surface area (Å²) in [5, 5.41) is 13.1. The van der Waals surface area contributed by atoms with Gasteiger partial charge >= 0.3 is 0 Å². The molecular weight excluding hydrogens is 240 g/mol. The van der Waals surface area contributed by atoms with Crippen molar-refractivity contribution in [3.8, 4) is 0 Å². The molecule has 2 atom stereocenters. The summed E-state index contributed by atoms with van der Waals surface area (Å²) in [6.45, 7) is 3.18. The van der Waals surface area contributed by atoms with Gasteiger partial charge in [-0.2, -0.15) is 0 Å². The third-order valence-corrected chi connectivity index (χ3v) is 4.37. The van der Waals surface area contributed by atoms with Crippen LogP contribution < -0.4 is 5.32 Å². The summed E-state index contributed by atoms with van der Waals surface area (Å²) in [4.78, 5) is 8.39. The number of aliphatic hydroxyl groups is 1. The average molecular weight is 260 g/mol. The molecule has 5 nitrogen and oxygen atoms in total. The van der Waals surface area contributed by atoms with Crippen LogP contribution in [0.25, 0.3) is 5.65 Å². The molecule has 2 aromatic rings. The van der Waals surface area contributed by atoms with Gasteiger partial charge in [0.1, 0.15) is 0 Å². The number of nitrogens with zero attached hydrogens (tertiary/aromatic N) is 3. The second kappa shape index (κ2) is 4.90. The van der Waals surface area contributed by atoms with E-state index in [1.807, 2.05) is 16.8 Å². The first-order valence-corrected chi connectivity index (χ1v) is 6.83. The molecule has 5 heteroatoms. The van der Waals surface area contributed by atoms with Crippen molar-refractivity contribution in [3.63, 3.8) is 0 Å². The van der Waals surface area contributed by atoms with Crippen molar-refractivity contribution in [3.05, 3.63) is 30.5 Å². The summed E-state index contributed by atoms with van der Waals surface area (Å²) < 4.78 is 2.05. The Morgan fingerprint density at radius 2 is 2.42 bits per heavy atom. The third-order valence-electron chi connectivity index (χ3n) is 4.37. The Labute approximate surface area is 112 Å². The molecule has 2 N–H and O–H groups in total. The minimum atomic E-state index is 0.0159. The molecule has 1 aliphatic rings. The van der Waals surface area contributed by atoms with Gasteiger partial charge in [0.15, 0.2) is 5.65 Å². The van der Waals surface area contributed by atoms with E-state index in [2.05, 4.69) is 22.2 Å². The molecule has 0 spiro atoms. The zero-order chi connectivity index (χ0) is 13.3. The van der Waals surface area contributed by atoms with Gasteiger partial charge in [0, 0.05) is 37.0 Å². The SMILES string of the molecule is CC1(CO)CCCC1NCc1cnc2cnccn12. The van der Waals surface area contributed by atoms with Gasteiger partial charge in [-0.3, -0.25) is 9.38 Å². The lowest BCUT2D eigenvalue weighted by Crippen LogP contribution is -2.41. The van der Waals surface area contributed by atoms with E-state index in [1.54, 1.807) is 12.4 Å². The maximum absolute atomic E-state index is 9.56. The number of hydrogen-bond acceptors (Lipinski definition) is 4. The zero-order valence-corrected chi connectivity index (χ0v) is 11.2. The zero-order valence-electron chi connectivity index (χ0n) is 11.2. The maximum Gasteiger partial charge on any atom is 0.155 e. The van der Waals surface area contributed by atoms with E-state index in [0.29, 0.717) is 6.04 Å². The number of aliphatic hydroxyl groups excluding tert-OH is 1. The first-order chi connectivity index (χ1) is 9.23. The number of rotatable bonds is 4. The van der Waals surface area contributed by atoms with Crippen LogP contribution in [0.1, 0.15) is 31.9 Å². The van der Waals surface area contributed by atoms with Crippen molar-refractivity contribution in [1.29, 1.82) is 0 Å². The molecule has 1 saturated carbocycles. The predicted molar refractivity (Wildman–Crippen MR) is 72.7 cm³/mol. The topological polar surface area (TPSA) is 62.5 Å². The van der Waals surface area contributed by atoms with Gasteiger partial charge in [-0.1, -0.05) is 13.3 Å². The maximum atomic E-state index is 9.56. The van der Waals surface area contributed by atoms with Crippen LogP contribution in [-0.4, -0.2) is 32.1 Å². The number of fused-ring (bicyclic) bond motifs is 1. The Balaban J connectivity index is 1.73. The fraction of sp³-hybridized carbons (Fsp3) is 0.571. The van der Waals surface area contributed by atoms with Gasteiger partial charge in [-0.25, -0.2) is 4.98 Å². The molecule has 0 aromatic carbocycles. The predicted octanol–water partition coefficient (Wildman–Crippen LogP) is 1.37. The summed E-state index contributed by atoms with van der Waals surface area (Å²) in [7, 11) is 0. The Morgan fingerprint density at radius 3 is 3.26 bits per heavy atom. The summed E-state index contributed by atoms with van der Waals surface area (Å²) in [5.74, 6) is 0. The second-order valence-corrected chi connectivity index (χ2v) is 5.69. The smallest absolute Gasteiger partial charge is 0.155 e. The molecule has 0 bridgehead atoms. The van der Waals surface area contributed by atoms with E-state index in [-0.39, 0.29) is 12.0 Å². The third kappa shape index (κ3) is 2.24. The number of aromatic nitrogens is 3. The van der Waals surface area contributed by atoms with Gasteiger partial charge in [-0.05, 0) is 12.8 Å². The minimum Gasteiger partial charge on any atom is -0.396 e. The van der Waals surface area contributed by atoms with E-state index in [4.69, 9.17) is 0 Å². The quantitative estimate of drug-likeness (QED) is 0.871. The van der Waals surface area contributed by atoms with Crippen LogP contribution in [0, 0.1) is 5.41 Å². The van der Waals surface area contributed by atoms with Crippen molar-refractivity contribution >= 4 is 5.65 Å². The van der Waals surface area contributed by atoms with Crippen LogP contribution in [0.4, 0.5) is 0 Å². The molecule has 19 heavy (non-hydrogen) atoms. The van der Waals surface area contributed by atoms with E-state index in [1.165, 1.54) is 6.42 Å². The van der Waals surface area contributed by atoms with Crippen molar-refractivity contribution in [2.24, 2.45) is 5.41 Å². The molecule has 102 valence electrons. The lowest BCUT2D eigenvalue weighted by atomic mass is 9.86. The largest absolute Gasteiger partial charge is 0.396 e. The highest BCUT2D eigenvalue weighted by Crippen LogP contribution is 2.37. The summed E-state index contributed by atoms with van der Waals surface area (Å²) in [6, 6.07) is 0.380. The van der Waals surface area contributed by atoms with Crippen molar-refractivity contribution in [1.82, 2.24) is 19.7 Å². The van der Waals surface area contributed by atoms with E-state index < -0.39 is 0 Å². The Morgan fingerprint density at radius 1 is 1.53 bits per heavy atom. The van der Waals surface area contributed by atoms with Crippen LogP contribution in [0.2, 0.25) is 0 Å². The lowest BCUT2D eigenvalue weighted by Gasteiger charge is -2.30. The Kier molecular flexibility index (Phi) is 3.24. The molecule has 0 aliphatic heterocycles. The molecule has 0 radical (unpaired) electrons. The van der Waals surface area contributed by atoms with Crippen LogP contribution in [0.3, 0.4) is 0 Å². The number of imidazole rings is 1. The van der Waals surface area contributed by atoms with Crippen LogP contribution in [0.15, 0.2) is 24.8 Å². The first-order valence-electron chi connectivity index (χ1n) is 6.83. The fourth-order valence-electron chi connectivity index (χ4n) is 3.02. The monoisotopic (exact) mass is 260 g/mol. The summed E-state index contributed by atoms with van der Waals surface area (Å²) >= 11 is 0. The molecule has 2 unspecified atom stereocenters. The van der Waals surface area contributed by atoms with E-state index in [0.717, 1.165) is 30.7 Å². The van der Waals surface area contributed by atoms with Gasteiger partial charge in [0.05, 0.1) is 18.1 Å². The molecule has 0 saturated heterocycles. The molecule has 3 rings (SSSR count). The molecule has 1 aliphatic carbocycles. The van der Waals surface area contributed by atoms with E-state index >= 15 is 0 Å². The molecule has 0 amide bonds. The molecular formula is C14H20N4O. The molecule has 1 fully saturated rings. The lowest BCUT2D eigenvalue weighted by molar-refractivity contribution is 0.118. The fourth-order valence-corrected chi connectivity index (χ4v) is 3.02. The van der Waals surface area contributed by atoms with Crippen LogP contribution >= 0.6 is 0 Å². The van der Waals surface area contributed by atoms with Crippen molar-refractivity contribution in [2.75, 3.05) is 6.61 Å². The first kappa shape index (κ1) is 12.6. The van der Waals surface area contributed by atoms with Gasteiger partial charge < -0.3 is 10.4 Å². The normalized spacial score (nSPS) is 27.2. The van der Waals surface area contributed by atoms with Crippen LogP contribution in [-0.2, 0) is 6.54 Å². The van der Waals surface area contributed by atoms with Gasteiger partial charge in [-0.15, -0.1) is 0 Å². The number of nitrogens with one attached hydrogen (secondary N) is 1. The Hall–Kier alpha value is -1.46. The molecule has 2 aromatic heterocycles. The summed E-state index contributed by atoms with van der Waals surface area (Å²) in [6.07, 6.45) is 10.8. The highest BCUT2D eigenvalue weighted by molar-refractivity contribution is 5.36. The van der Waals surface area contributed by atoms with Gasteiger partial charge in [0.2, 0.25) is 0 Å². The number of hydrogen-bond donors (Lipinski definition) is 2. The average Bonchev–Trinajstić information content (AvgIpc) is 3.01. The second-order valence-electron chi connectivity index (χ2n) is 5.69. The van der Waals surface area contributed by atoms with Crippen molar-refractivity contribution < 1.29 is 5.11 Å².